The third-order valence-electron chi connectivity index (χ3n) is 5.89. The molecule has 1 amide bonds. The molecular formula is C23H21F3N4O4. The molecular weight excluding hydrogens is 453 g/mol. The maximum absolute atomic E-state index is 13.9. The lowest BCUT2D eigenvalue weighted by Gasteiger charge is -2.34. The van der Waals surface area contributed by atoms with Gasteiger partial charge in [-0.15, -0.1) is 0 Å². The molecule has 0 unspecified atom stereocenters. The van der Waals surface area contributed by atoms with E-state index < -0.39 is 24.2 Å². The highest BCUT2D eigenvalue weighted by Crippen LogP contribution is 2.44. The molecule has 0 spiro atoms. The molecule has 0 saturated carbocycles. The van der Waals surface area contributed by atoms with E-state index in [2.05, 4.69) is 15.7 Å². The largest absolute Gasteiger partial charge is 0.497 e. The summed E-state index contributed by atoms with van der Waals surface area (Å²) in [6.07, 6.45) is -3.64. The topological polar surface area (TPSA) is 86.6 Å². The predicted octanol–water partition coefficient (Wildman–Crippen LogP) is 4.21. The van der Waals surface area contributed by atoms with E-state index in [0.717, 1.165) is 16.4 Å². The van der Waals surface area contributed by atoms with Gasteiger partial charge in [0.15, 0.2) is 17.5 Å². The first-order valence-electron chi connectivity index (χ1n) is 10.5. The van der Waals surface area contributed by atoms with Gasteiger partial charge in [0.25, 0.3) is 5.91 Å². The molecule has 178 valence electrons. The average Bonchev–Trinajstić information content (AvgIpc) is 3.48. The van der Waals surface area contributed by atoms with Crippen molar-refractivity contribution in [3.8, 4) is 17.2 Å². The number of nitrogens with zero attached hydrogens (tertiary/aromatic N) is 2. The highest BCUT2D eigenvalue weighted by molar-refractivity contribution is 5.98. The standard InChI is InChI=1S/C23H21F3N4O4/c1-32-15-5-3-14(4-6-15)17-9-20(23(24,25)26)30-21(29-17)16(11-28-30)22(31)27-10-13-2-7-18-19(8-13)34-12-33-18/h2-8,11,17,20,29H,9-10,12H2,1H3,(H,27,31)/t17-,20-/m0/s1. The summed E-state index contributed by atoms with van der Waals surface area (Å²) in [4.78, 5) is 12.9. The summed E-state index contributed by atoms with van der Waals surface area (Å²) >= 11 is 0. The summed E-state index contributed by atoms with van der Waals surface area (Å²) in [6.45, 7) is 0.291. The maximum Gasteiger partial charge on any atom is 0.410 e. The van der Waals surface area contributed by atoms with Crippen molar-refractivity contribution < 1.29 is 32.2 Å². The van der Waals surface area contributed by atoms with Crippen LogP contribution >= 0.6 is 0 Å². The number of carbonyl (C=O) groups is 1. The Morgan fingerprint density at radius 3 is 2.71 bits per heavy atom. The van der Waals surface area contributed by atoms with Crippen molar-refractivity contribution in [3.05, 3.63) is 65.4 Å². The van der Waals surface area contributed by atoms with Crippen LogP contribution in [0.3, 0.4) is 0 Å². The number of benzene rings is 2. The number of rotatable bonds is 5. The number of ether oxygens (including phenoxy) is 3. The van der Waals surface area contributed by atoms with Gasteiger partial charge in [-0.3, -0.25) is 4.79 Å². The number of amides is 1. The lowest BCUT2D eigenvalue weighted by Crippen LogP contribution is -2.36. The normalized spacial score (nSPS) is 18.7. The van der Waals surface area contributed by atoms with E-state index in [1.165, 1.54) is 7.11 Å². The lowest BCUT2D eigenvalue weighted by molar-refractivity contribution is -0.173. The van der Waals surface area contributed by atoms with Crippen LogP contribution < -0.4 is 24.8 Å². The van der Waals surface area contributed by atoms with Crippen LogP contribution in [-0.2, 0) is 6.54 Å². The number of alkyl halides is 3. The molecule has 2 aliphatic rings. The highest BCUT2D eigenvalue weighted by Gasteiger charge is 2.47. The van der Waals surface area contributed by atoms with Gasteiger partial charge in [-0.25, -0.2) is 4.68 Å². The molecule has 5 rings (SSSR count). The predicted molar refractivity (Wildman–Crippen MR) is 115 cm³/mol. The van der Waals surface area contributed by atoms with Gasteiger partial charge in [-0.1, -0.05) is 18.2 Å². The maximum atomic E-state index is 13.9. The van der Waals surface area contributed by atoms with Gasteiger partial charge >= 0.3 is 6.18 Å². The van der Waals surface area contributed by atoms with E-state index >= 15 is 0 Å². The van der Waals surface area contributed by atoms with Crippen LogP contribution in [0.15, 0.2) is 48.7 Å². The van der Waals surface area contributed by atoms with Crippen molar-refractivity contribution >= 4 is 11.7 Å². The Labute approximate surface area is 192 Å². The van der Waals surface area contributed by atoms with Gasteiger partial charge in [-0.05, 0) is 35.4 Å². The second-order valence-electron chi connectivity index (χ2n) is 7.98. The Kier molecular flexibility index (Phi) is 5.46. The van der Waals surface area contributed by atoms with Crippen LogP contribution in [-0.4, -0.2) is 35.8 Å². The first kappa shape index (κ1) is 21.9. The molecule has 8 nitrogen and oxygen atoms in total. The molecule has 0 saturated heterocycles. The monoisotopic (exact) mass is 474 g/mol. The minimum absolute atomic E-state index is 0.0255. The molecule has 2 aromatic carbocycles. The molecule has 0 aliphatic carbocycles. The van der Waals surface area contributed by atoms with E-state index in [0.29, 0.717) is 22.8 Å². The summed E-state index contributed by atoms with van der Waals surface area (Å²) < 4.78 is 58.2. The molecule has 2 aliphatic heterocycles. The van der Waals surface area contributed by atoms with Gasteiger partial charge in [0.1, 0.15) is 17.1 Å². The minimum Gasteiger partial charge on any atom is -0.497 e. The zero-order chi connectivity index (χ0) is 23.9. The van der Waals surface area contributed by atoms with Crippen molar-refractivity contribution in [2.45, 2.75) is 31.2 Å². The third-order valence-corrected chi connectivity index (χ3v) is 5.89. The number of fused-ring (bicyclic) bond motifs is 2. The van der Waals surface area contributed by atoms with Crippen LogP contribution in [0.1, 0.15) is 40.0 Å². The number of anilines is 1. The Balaban J connectivity index is 1.38. The summed E-state index contributed by atoms with van der Waals surface area (Å²) in [5.41, 5.74) is 1.44. The first-order chi connectivity index (χ1) is 16.3. The van der Waals surface area contributed by atoms with E-state index in [1.54, 1.807) is 42.5 Å². The smallest absolute Gasteiger partial charge is 0.410 e. The second kappa shape index (κ2) is 8.47. The highest BCUT2D eigenvalue weighted by atomic mass is 19.4. The number of methoxy groups -OCH3 is 1. The van der Waals surface area contributed by atoms with Crippen molar-refractivity contribution in [3.63, 3.8) is 0 Å². The molecule has 3 heterocycles. The molecule has 2 N–H and O–H groups in total. The van der Waals surface area contributed by atoms with E-state index in [1.807, 2.05) is 0 Å². The van der Waals surface area contributed by atoms with E-state index in [-0.39, 0.29) is 31.1 Å². The molecule has 1 aromatic heterocycles. The molecule has 0 fully saturated rings. The molecule has 2 atom stereocenters. The van der Waals surface area contributed by atoms with Crippen LogP contribution in [0.2, 0.25) is 0 Å². The number of carbonyl (C=O) groups excluding carboxylic acids is 1. The van der Waals surface area contributed by atoms with Crippen LogP contribution in [0.4, 0.5) is 19.0 Å². The zero-order valence-corrected chi connectivity index (χ0v) is 18.1. The number of hydrogen-bond donors (Lipinski definition) is 2. The van der Waals surface area contributed by atoms with Crippen LogP contribution in [0.25, 0.3) is 0 Å². The van der Waals surface area contributed by atoms with Crippen molar-refractivity contribution in [2.75, 3.05) is 19.2 Å². The van der Waals surface area contributed by atoms with Gasteiger partial charge < -0.3 is 24.8 Å². The van der Waals surface area contributed by atoms with Crippen molar-refractivity contribution in [2.24, 2.45) is 0 Å². The average molecular weight is 474 g/mol. The van der Waals surface area contributed by atoms with Gasteiger partial charge in [0, 0.05) is 13.0 Å². The molecule has 11 heteroatoms. The lowest BCUT2D eigenvalue weighted by atomic mass is 9.96. The summed E-state index contributed by atoms with van der Waals surface area (Å²) in [6, 6.07) is 9.50. The molecule has 0 radical (unpaired) electrons. The summed E-state index contributed by atoms with van der Waals surface area (Å²) in [7, 11) is 1.51. The molecule has 0 bridgehead atoms. The summed E-state index contributed by atoms with van der Waals surface area (Å²) in [5.74, 6) is 1.28. The SMILES string of the molecule is COc1ccc([C@@H]2C[C@@H](C(F)(F)F)n3ncc(C(=O)NCc4ccc5c(c4)OCO5)c3N2)cc1. The fourth-order valence-electron chi connectivity index (χ4n) is 4.11. The first-order valence-corrected chi connectivity index (χ1v) is 10.5. The van der Waals surface area contributed by atoms with Crippen LogP contribution in [0.5, 0.6) is 17.2 Å². The summed E-state index contributed by atoms with van der Waals surface area (Å²) in [5, 5.41) is 9.72. The Morgan fingerprint density at radius 2 is 1.97 bits per heavy atom. The van der Waals surface area contributed by atoms with Gasteiger partial charge in [-0.2, -0.15) is 18.3 Å². The second-order valence-corrected chi connectivity index (χ2v) is 7.98. The fourth-order valence-corrected chi connectivity index (χ4v) is 4.11. The zero-order valence-electron chi connectivity index (χ0n) is 18.1. The number of hydrogen-bond acceptors (Lipinski definition) is 6. The number of halogens is 3. The number of nitrogens with one attached hydrogen (secondary N) is 2. The fraction of sp³-hybridized carbons (Fsp3) is 0.304. The quantitative estimate of drug-likeness (QED) is 0.576. The van der Waals surface area contributed by atoms with Crippen molar-refractivity contribution in [1.82, 2.24) is 15.1 Å². The third kappa shape index (κ3) is 4.09. The molecule has 3 aromatic rings. The van der Waals surface area contributed by atoms with Gasteiger partial charge in [0.05, 0.1) is 19.3 Å². The van der Waals surface area contributed by atoms with Gasteiger partial charge in [0.2, 0.25) is 6.79 Å². The Hall–Kier alpha value is -3.89. The molecule has 34 heavy (non-hydrogen) atoms. The van der Waals surface area contributed by atoms with Crippen molar-refractivity contribution in [1.29, 1.82) is 0 Å². The van der Waals surface area contributed by atoms with E-state index in [4.69, 9.17) is 14.2 Å². The number of aromatic nitrogens is 2. The Morgan fingerprint density at radius 1 is 1.21 bits per heavy atom. The van der Waals surface area contributed by atoms with E-state index in [9.17, 15) is 18.0 Å². The van der Waals surface area contributed by atoms with Crippen LogP contribution in [0, 0.1) is 0 Å². The Bertz CT molecular complexity index is 1210. The minimum atomic E-state index is -4.53.